The molecule has 34 heavy (non-hydrogen) atoms. The van der Waals surface area contributed by atoms with Gasteiger partial charge in [-0.25, -0.2) is 23.4 Å². The Morgan fingerprint density at radius 1 is 1.15 bits per heavy atom. The molecule has 1 aromatic carbocycles. The molecule has 6 rings (SSSR count). The quantitative estimate of drug-likeness (QED) is 0.379. The molecule has 170 valence electrons. The number of aryl methyl sites for hydroxylation is 1. The molecule has 1 aliphatic heterocycles. The van der Waals surface area contributed by atoms with Gasteiger partial charge in [-0.1, -0.05) is 0 Å². The minimum atomic E-state index is -0.823. The highest BCUT2D eigenvalue weighted by atomic mass is 32.1. The summed E-state index contributed by atoms with van der Waals surface area (Å²) < 4.78 is 35.9. The number of halogens is 2. The van der Waals surface area contributed by atoms with Crippen LogP contribution in [0.4, 0.5) is 8.78 Å². The Balaban J connectivity index is 1.57. The molecule has 7 nitrogen and oxygen atoms in total. The number of hydrogen-bond acceptors (Lipinski definition) is 7. The zero-order chi connectivity index (χ0) is 23.4. The van der Waals surface area contributed by atoms with E-state index in [-0.39, 0.29) is 28.5 Å². The summed E-state index contributed by atoms with van der Waals surface area (Å²) in [7, 11) is 0. The molecule has 1 aliphatic rings. The van der Waals surface area contributed by atoms with Crippen molar-refractivity contribution in [3.8, 4) is 16.3 Å². The van der Waals surface area contributed by atoms with Gasteiger partial charge in [0.2, 0.25) is 5.43 Å². The van der Waals surface area contributed by atoms with E-state index in [1.807, 2.05) is 12.1 Å². The molecule has 1 fully saturated rings. The van der Waals surface area contributed by atoms with Crippen molar-refractivity contribution < 1.29 is 13.5 Å². The number of nitrogens with zero attached hydrogens (tertiary/aromatic N) is 5. The lowest BCUT2D eigenvalue weighted by Crippen LogP contribution is -2.18. The first kappa shape index (κ1) is 20.9. The number of thiophene rings is 1. The molecule has 1 atom stereocenters. The number of pyridine rings is 1. The maximum absolute atomic E-state index is 14.7. The van der Waals surface area contributed by atoms with Crippen molar-refractivity contribution in [2.45, 2.75) is 19.3 Å². The highest BCUT2D eigenvalue weighted by Gasteiger charge is 2.22. The molecule has 5 heterocycles. The Morgan fingerprint density at radius 2 is 2.03 bits per heavy atom. The summed E-state index contributed by atoms with van der Waals surface area (Å²) in [6.07, 6.45) is 4.18. The number of ether oxygens (including phenoxy) is 1. The van der Waals surface area contributed by atoms with Crippen molar-refractivity contribution >= 4 is 32.6 Å². The van der Waals surface area contributed by atoms with Crippen molar-refractivity contribution in [3.63, 3.8) is 0 Å². The predicted octanol–water partition coefficient (Wildman–Crippen LogP) is 4.54. The van der Waals surface area contributed by atoms with Crippen LogP contribution in [-0.4, -0.2) is 37.9 Å². The summed E-state index contributed by atoms with van der Waals surface area (Å²) in [5, 5.41) is 5.35. The van der Waals surface area contributed by atoms with Gasteiger partial charge in [-0.3, -0.25) is 9.78 Å². The molecule has 0 bridgehead atoms. The van der Waals surface area contributed by atoms with Crippen LogP contribution in [0.5, 0.6) is 0 Å². The summed E-state index contributed by atoms with van der Waals surface area (Å²) in [6, 6.07) is 7.02. The lowest BCUT2D eigenvalue weighted by atomic mass is 10.0. The van der Waals surface area contributed by atoms with Gasteiger partial charge < -0.3 is 4.74 Å². The van der Waals surface area contributed by atoms with Crippen molar-refractivity contribution in [1.82, 2.24) is 24.7 Å². The van der Waals surface area contributed by atoms with E-state index in [0.717, 1.165) is 40.9 Å². The first-order valence-corrected chi connectivity index (χ1v) is 11.5. The van der Waals surface area contributed by atoms with Gasteiger partial charge in [0.15, 0.2) is 22.7 Å². The number of rotatable bonds is 3. The fourth-order valence-electron chi connectivity index (χ4n) is 4.12. The van der Waals surface area contributed by atoms with Gasteiger partial charge in [-0.05, 0) is 37.6 Å². The molecule has 0 aliphatic carbocycles. The highest BCUT2D eigenvalue weighted by molar-refractivity contribution is 7.22. The normalized spacial score (nSPS) is 16.0. The second kappa shape index (κ2) is 8.00. The standard InChI is InChI=1S/C24H17F2N5O2S/c1-12-9-28-22-23(32)21(30-31(24(22)29-12)18-3-2-15(25)7-16(18)26)20-6-14-10-27-17(8-19(14)34-20)13-4-5-33-11-13/h2-3,6-10,13H,4-5,11H2,1H3/t13-/m1/s1. The van der Waals surface area contributed by atoms with E-state index < -0.39 is 17.1 Å². The second-order valence-electron chi connectivity index (χ2n) is 8.19. The van der Waals surface area contributed by atoms with Crippen molar-refractivity contribution in [2.75, 3.05) is 13.2 Å². The van der Waals surface area contributed by atoms with Crippen LogP contribution in [0.25, 0.3) is 37.5 Å². The molecule has 0 radical (unpaired) electrons. The molecule has 0 spiro atoms. The van der Waals surface area contributed by atoms with E-state index in [1.165, 1.54) is 28.3 Å². The van der Waals surface area contributed by atoms with Crippen LogP contribution in [0.2, 0.25) is 0 Å². The average Bonchev–Trinajstić information content (AvgIpc) is 3.49. The number of aromatic nitrogens is 5. The largest absolute Gasteiger partial charge is 0.381 e. The third-order valence-electron chi connectivity index (χ3n) is 5.85. The Bertz CT molecular complexity index is 1640. The first-order valence-electron chi connectivity index (χ1n) is 10.7. The summed E-state index contributed by atoms with van der Waals surface area (Å²) in [5.41, 5.74) is 1.32. The monoisotopic (exact) mass is 477 g/mol. The van der Waals surface area contributed by atoms with Gasteiger partial charge in [0.1, 0.15) is 11.5 Å². The van der Waals surface area contributed by atoms with Crippen molar-refractivity contribution in [3.05, 3.63) is 76.0 Å². The van der Waals surface area contributed by atoms with Crippen LogP contribution in [0.3, 0.4) is 0 Å². The van der Waals surface area contributed by atoms with E-state index in [2.05, 4.69) is 20.1 Å². The lowest BCUT2D eigenvalue weighted by molar-refractivity contribution is 0.193. The van der Waals surface area contributed by atoms with Crippen LogP contribution >= 0.6 is 11.3 Å². The average molecular weight is 477 g/mol. The SMILES string of the molecule is Cc1cnc2c(=O)c(-c3cc4cnc([C@@H]5CCOC5)cc4s3)nn(-c3ccc(F)cc3F)c2n1. The van der Waals surface area contributed by atoms with Crippen LogP contribution in [-0.2, 0) is 4.74 Å². The van der Waals surface area contributed by atoms with E-state index >= 15 is 0 Å². The summed E-state index contributed by atoms with van der Waals surface area (Å²) in [6.45, 7) is 3.08. The van der Waals surface area contributed by atoms with Gasteiger partial charge in [-0.15, -0.1) is 11.3 Å². The summed E-state index contributed by atoms with van der Waals surface area (Å²) >= 11 is 1.40. The molecular formula is C24H17F2N5O2S. The Hall–Kier alpha value is -3.63. The van der Waals surface area contributed by atoms with Crippen LogP contribution in [0.1, 0.15) is 23.7 Å². The minimum absolute atomic E-state index is 0.0288. The summed E-state index contributed by atoms with van der Waals surface area (Å²) in [5.74, 6) is -1.28. The molecule has 4 aromatic heterocycles. The van der Waals surface area contributed by atoms with Crippen LogP contribution in [0, 0.1) is 18.6 Å². The second-order valence-corrected chi connectivity index (χ2v) is 9.27. The maximum Gasteiger partial charge on any atom is 0.236 e. The van der Waals surface area contributed by atoms with Crippen molar-refractivity contribution in [2.24, 2.45) is 0 Å². The highest BCUT2D eigenvalue weighted by Crippen LogP contribution is 2.34. The molecular weight excluding hydrogens is 460 g/mol. The van der Waals surface area contributed by atoms with E-state index in [4.69, 9.17) is 4.74 Å². The molecule has 1 saturated heterocycles. The summed E-state index contributed by atoms with van der Waals surface area (Å²) in [4.78, 5) is 27.2. The zero-order valence-corrected chi connectivity index (χ0v) is 18.8. The Morgan fingerprint density at radius 3 is 2.82 bits per heavy atom. The Kier molecular flexibility index (Phi) is 4.93. The fourth-order valence-corrected chi connectivity index (χ4v) is 5.18. The predicted molar refractivity (Wildman–Crippen MR) is 124 cm³/mol. The molecule has 0 N–H and O–H groups in total. The first-order chi connectivity index (χ1) is 16.5. The van der Waals surface area contributed by atoms with Crippen molar-refractivity contribution in [1.29, 1.82) is 0 Å². The van der Waals surface area contributed by atoms with Crippen LogP contribution in [0.15, 0.2) is 47.5 Å². The van der Waals surface area contributed by atoms with Crippen LogP contribution < -0.4 is 5.43 Å². The van der Waals surface area contributed by atoms with E-state index in [1.54, 1.807) is 13.1 Å². The zero-order valence-electron chi connectivity index (χ0n) is 18.0. The van der Waals surface area contributed by atoms with E-state index in [9.17, 15) is 13.6 Å². The fraction of sp³-hybridized carbons (Fsp3) is 0.208. The number of benzene rings is 1. The smallest absolute Gasteiger partial charge is 0.236 e. The maximum atomic E-state index is 14.7. The third kappa shape index (κ3) is 3.46. The van der Waals surface area contributed by atoms with E-state index in [0.29, 0.717) is 17.2 Å². The molecule has 0 unspecified atom stereocenters. The van der Waals surface area contributed by atoms with Gasteiger partial charge in [-0.2, -0.15) is 5.10 Å². The van der Waals surface area contributed by atoms with Gasteiger partial charge in [0.05, 0.1) is 17.2 Å². The van der Waals surface area contributed by atoms with Gasteiger partial charge >= 0.3 is 0 Å². The topological polar surface area (TPSA) is 82.8 Å². The molecule has 5 aromatic rings. The number of hydrogen-bond donors (Lipinski definition) is 0. The molecule has 0 amide bonds. The number of fused-ring (bicyclic) bond motifs is 2. The Labute approximate surface area is 195 Å². The third-order valence-corrected chi connectivity index (χ3v) is 6.95. The minimum Gasteiger partial charge on any atom is -0.381 e. The molecule has 0 saturated carbocycles. The molecule has 10 heteroatoms. The lowest BCUT2D eigenvalue weighted by Gasteiger charge is -2.11. The van der Waals surface area contributed by atoms with Gasteiger partial charge in [0.25, 0.3) is 0 Å². The van der Waals surface area contributed by atoms with Gasteiger partial charge in [0, 0.05) is 46.8 Å².